The molecule has 1 atom stereocenters. The Bertz CT molecular complexity index is 1030. The summed E-state index contributed by atoms with van der Waals surface area (Å²) in [4.78, 5) is 23.1. The molecule has 1 fully saturated rings. The Morgan fingerprint density at radius 3 is 2.48 bits per heavy atom. The number of hydrogen-bond donors (Lipinski definition) is 1. The van der Waals surface area contributed by atoms with Crippen LogP contribution in [0.3, 0.4) is 0 Å². The molecule has 0 radical (unpaired) electrons. The van der Waals surface area contributed by atoms with E-state index >= 15 is 0 Å². The number of nitro benzene ring substituents is 1. The van der Waals surface area contributed by atoms with Crippen LogP contribution in [0.1, 0.15) is 42.1 Å². The molecule has 1 N–H and O–H groups in total. The molecule has 0 spiro atoms. The molecule has 0 aromatic heterocycles. The van der Waals surface area contributed by atoms with Crippen LogP contribution in [-0.4, -0.2) is 36.1 Å². The van der Waals surface area contributed by atoms with Gasteiger partial charge in [-0.3, -0.25) is 14.9 Å². The Labute approximate surface area is 169 Å². The van der Waals surface area contributed by atoms with Gasteiger partial charge in [0.2, 0.25) is 10.0 Å². The van der Waals surface area contributed by atoms with Crippen molar-refractivity contribution in [3.8, 4) is 0 Å². The average molecular weight is 417 g/mol. The minimum Gasteiger partial charge on any atom is -0.322 e. The second-order valence-electron chi connectivity index (χ2n) is 7.20. The number of nitrogens with one attached hydrogen (secondary N) is 1. The average Bonchev–Trinajstić information content (AvgIpc) is 2.69. The molecule has 29 heavy (non-hydrogen) atoms. The minimum absolute atomic E-state index is 0.0472. The molecule has 1 unspecified atom stereocenters. The van der Waals surface area contributed by atoms with Crippen LogP contribution in [-0.2, 0) is 10.0 Å². The van der Waals surface area contributed by atoms with Crippen LogP contribution < -0.4 is 5.32 Å². The van der Waals surface area contributed by atoms with Gasteiger partial charge in [0.15, 0.2) is 0 Å². The number of anilines is 1. The number of nitrogens with zero attached hydrogens (tertiary/aromatic N) is 2. The van der Waals surface area contributed by atoms with Gasteiger partial charge in [-0.2, -0.15) is 4.31 Å². The highest BCUT2D eigenvalue weighted by atomic mass is 32.2. The van der Waals surface area contributed by atoms with Crippen molar-refractivity contribution in [1.82, 2.24) is 4.31 Å². The molecule has 1 saturated heterocycles. The fraction of sp³-hybridized carbons (Fsp3) is 0.350. The van der Waals surface area contributed by atoms with E-state index in [1.54, 1.807) is 19.1 Å². The van der Waals surface area contributed by atoms with E-state index in [4.69, 9.17) is 0 Å². The first-order valence-electron chi connectivity index (χ1n) is 9.38. The van der Waals surface area contributed by atoms with E-state index in [1.807, 2.05) is 6.92 Å². The van der Waals surface area contributed by atoms with Gasteiger partial charge in [0.1, 0.15) is 0 Å². The molecule has 3 rings (SSSR count). The van der Waals surface area contributed by atoms with Crippen molar-refractivity contribution < 1.29 is 18.1 Å². The lowest BCUT2D eigenvalue weighted by Crippen LogP contribution is -2.41. The topological polar surface area (TPSA) is 110 Å². The molecular formula is C20H23N3O5S. The third-order valence-electron chi connectivity index (χ3n) is 5.13. The van der Waals surface area contributed by atoms with Crippen molar-refractivity contribution in [2.45, 2.75) is 44.0 Å². The molecule has 0 saturated carbocycles. The highest BCUT2D eigenvalue weighted by Gasteiger charge is 2.30. The smallest absolute Gasteiger partial charge is 0.274 e. The van der Waals surface area contributed by atoms with E-state index < -0.39 is 20.9 Å². The summed E-state index contributed by atoms with van der Waals surface area (Å²) in [5.41, 5.74) is 0.972. The summed E-state index contributed by atoms with van der Waals surface area (Å²) >= 11 is 0. The van der Waals surface area contributed by atoms with E-state index in [2.05, 4.69) is 5.32 Å². The number of amides is 1. The first-order valence-corrected chi connectivity index (χ1v) is 10.8. The van der Waals surface area contributed by atoms with Crippen molar-refractivity contribution >= 4 is 27.3 Å². The Kier molecular flexibility index (Phi) is 5.99. The molecule has 1 heterocycles. The predicted octanol–water partition coefficient (Wildman–Crippen LogP) is 3.72. The molecule has 2 aromatic carbocycles. The monoisotopic (exact) mass is 417 g/mol. The number of carbonyl (C=O) groups excluding carboxylic acids is 1. The third-order valence-corrected chi connectivity index (χ3v) is 7.16. The van der Waals surface area contributed by atoms with Gasteiger partial charge >= 0.3 is 0 Å². The Hall–Kier alpha value is -2.78. The SMILES string of the molecule is Cc1ccc(NC(=O)c2ccc(S(=O)(=O)N3CCCCC3C)cc2)cc1[N+](=O)[O-]. The fourth-order valence-corrected chi connectivity index (χ4v) is 5.13. The molecule has 0 aliphatic carbocycles. The summed E-state index contributed by atoms with van der Waals surface area (Å²) in [5, 5.41) is 13.7. The standard InChI is InChI=1S/C20H23N3O5S/c1-14-6-9-17(13-19(14)23(25)26)21-20(24)16-7-10-18(11-8-16)29(27,28)22-12-4-3-5-15(22)2/h6-11,13,15H,3-5,12H2,1-2H3,(H,21,24). The lowest BCUT2D eigenvalue weighted by atomic mass is 10.1. The molecular weight excluding hydrogens is 394 g/mol. The zero-order valence-electron chi connectivity index (χ0n) is 16.3. The van der Waals surface area contributed by atoms with Crippen LogP contribution in [0, 0.1) is 17.0 Å². The van der Waals surface area contributed by atoms with Gasteiger partial charge in [-0.25, -0.2) is 8.42 Å². The fourth-order valence-electron chi connectivity index (χ4n) is 3.43. The van der Waals surface area contributed by atoms with Crippen molar-refractivity contribution in [2.24, 2.45) is 0 Å². The molecule has 1 aliphatic rings. The number of nitro groups is 1. The summed E-state index contributed by atoms with van der Waals surface area (Å²) < 4.78 is 27.2. The number of piperidine rings is 1. The highest BCUT2D eigenvalue weighted by molar-refractivity contribution is 7.89. The highest BCUT2D eigenvalue weighted by Crippen LogP contribution is 2.26. The normalized spacial score (nSPS) is 17.7. The first kappa shape index (κ1) is 20.9. The molecule has 1 aliphatic heterocycles. The maximum Gasteiger partial charge on any atom is 0.274 e. The second kappa shape index (κ2) is 8.30. The molecule has 2 aromatic rings. The summed E-state index contributed by atoms with van der Waals surface area (Å²) in [6.07, 6.45) is 2.69. The van der Waals surface area contributed by atoms with E-state index in [1.165, 1.54) is 34.6 Å². The lowest BCUT2D eigenvalue weighted by Gasteiger charge is -2.32. The summed E-state index contributed by atoms with van der Waals surface area (Å²) in [7, 11) is -3.61. The van der Waals surface area contributed by atoms with E-state index in [0.29, 0.717) is 17.8 Å². The quantitative estimate of drug-likeness (QED) is 0.589. The van der Waals surface area contributed by atoms with E-state index in [0.717, 1.165) is 19.3 Å². The van der Waals surface area contributed by atoms with Crippen molar-refractivity contribution in [3.63, 3.8) is 0 Å². The molecule has 0 bridgehead atoms. The Morgan fingerprint density at radius 2 is 1.86 bits per heavy atom. The van der Waals surface area contributed by atoms with Crippen LogP contribution in [0.2, 0.25) is 0 Å². The van der Waals surface area contributed by atoms with E-state index in [9.17, 15) is 23.3 Å². The van der Waals surface area contributed by atoms with Gasteiger partial charge in [-0.15, -0.1) is 0 Å². The van der Waals surface area contributed by atoms with Crippen molar-refractivity contribution in [1.29, 1.82) is 0 Å². The third kappa shape index (κ3) is 4.46. The summed E-state index contributed by atoms with van der Waals surface area (Å²) in [6, 6.07) is 10.1. The maximum absolute atomic E-state index is 12.9. The minimum atomic E-state index is -3.61. The van der Waals surface area contributed by atoms with Crippen molar-refractivity contribution in [3.05, 3.63) is 63.7 Å². The van der Waals surface area contributed by atoms with Crippen LogP contribution in [0.4, 0.5) is 11.4 Å². The lowest BCUT2D eigenvalue weighted by molar-refractivity contribution is -0.385. The molecule has 8 nitrogen and oxygen atoms in total. The number of aryl methyl sites for hydroxylation is 1. The second-order valence-corrected chi connectivity index (χ2v) is 9.09. The number of benzene rings is 2. The Balaban J connectivity index is 1.77. The summed E-state index contributed by atoms with van der Waals surface area (Å²) in [6.45, 7) is 4.02. The zero-order chi connectivity index (χ0) is 21.2. The number of hydrogen-bond acceptors (Lipinski definition) is 5. The van der Waals surface area contributed by atoms with Crippen LogP contribution in [0.25, 0.3) is 0 Å². The molecule has 154 valence electrons. The van der Waals surface area contributed by atoms with E-state index in [-0.39, 0.29) is 22.2 Å². The largest absolute Gasteiger partial charge is 0.322 e. The van der Waals surface area contributed by atoms with Gasteiger partial charge in [0.05, 0.1) is 9.82 Å². The van der Waals surface area contributed by atoms with Crippen LogP contribution >= 0.6 is 0 Å². The Morgan fingerprint density at radius 1 is 1.17 bits per heavy atom. The number of sulfonamides is 1. The predicted molar refractivity (Wildman–Crippen MR) is 109 cm³/mol. The van der Waals surface area contributed by atoms with Crippen LogP contribution in [0.15, 0.2) is 47.4 Å². The van der Waals surface area contributed by atoms with Crippen molar-refractivity contribution in [2.75, 3.05) is 11.9 Å². The van der Waals surface area contributed by atoms with Gasteiger partial charge < -0.3 is 5.32 Å². The van der Waals surface area contributed by atoms with Crippen LogP contribution in [0.5, 0.6) is 0 Å². The number of rotatable bonds is 5. The molecule has 1 amide bonds. The van der Waals surface area contributed by atoms with Gasteiger partial charge in [0, 0.05) is 35.5 Å². The number of carbonyl (C=O) groups is 1. The van der Waals surface area contributed by atoms with Gasteiger partial charge in [0.25, 0.3) is 11.6 Å². The summed E-state index contributed by atoms with van der Waals surface area (Å²) in [5.74, 6) is -0.474. The zero-order valence-corrected chi connectivity index (χ0v) is 17.1. The molecule has 9 heteroatoms. The van der Waals surface area contributed by atoms with Gasteiger partial charge in [-0.05, 0) is 57.0 Å². The maximum atomic E-state index is 12.9. The first-order chi connectivity index (χ1) is 13.7. The van der Waals surface area contributed by atoms with Gasteiger partial charge in [-0.1, -0.05) is 12.5 Å².